The maximum atomic E-state index is 12.4. The van der Waals surface area contributed by atoms with Gasteiger partial charge in [0.15, 0.2) is 22.5 Å². The Morgan fingerprint density at radius 1 is 1.17 bits per heavy atom. The molecule has 158 valence electrons. The Morgan fingerprint density at radius 3 is 2.73 bits per heavy atom. The second-order valence-electron chi connectivity index (χ2n) is 6.75. The van der Waals surface area contributed by atoms with Crippen molar-refractivity contribution >= 4 is 23.4 Å². The summed E-state index contributed by atoms with van der Waals surface area (Å²) in [5, 5.41) is 12.0. The lowest BCUT2D eigenvalue weighted by Crippen LogP contribution is -2.15. The fourth-order valence-electron chi connectivity index (χ4n) is 2.90. The standard InChI is InChI=1S/C22H26N4O3S/c1-5-16-8-6-7-9-17(16)23-21(27)14-30-22-25-24-20(26(22)3)13-29-18-11-10-15(2)12-19(18)28-4/h6-12H,5,13-14H2,1-4H3,(H,23,27). The minimum atomic E-state index is -0.0777. The van der Waals surface area contributed by atoms with E-state index in [-0.39, 0.29) is 18.3 Å². The molecule has 1 heterocycles. The van der Waals surface area contributed by atoms with Gasteiger partial charge < -0.3 is 19.4 Å². The minimum absolute atomic E-state index is 0.0777. The van der Waals surface area contributed by atoms with E-state index in [0.717, 1.165) is 23.2 Å². The average Bonchev–Trinajstić information content (AvgIpc) is 3.11. The van der Waals surface area contributed by atoms with Gasteiger partial charge in [-0.25, -0.2) is 0 Å². The van der Waals surface area contributed by atoms with Crippen molar-refractivity contribution in [2.75, 3.05) is 18.2 Å². The van der Waals surface area contributed by atoms with Crippen molar-refractivity contribution in [1.29, 1.82) is 0 Å². The molecule has 1 N–H and O–H groups in total. The normalized spacial score (nSPS) is 10.7. The topological polar surface area (TPSA) is 78.3 Å². The monoisotopic (exact) mass is 426 g/mol. The molecule has 7 nitrogen and oxygen atoms in total. The smallest absolute Gasteiger partial charge is 0.234 e. The van der Waals surface area contributed by atoms with E-state index >= 15 is 0 Å². The Kier molecular flexibility index (Phi) is 7.35. The van der Waals surface area contributed by atoms with Gasteiger partial charge in [0.2, 0.25) is 5.91 Å². The van der Waals surface area contributed by atoms with E-state index in [9.17, 15) is 4.79 Å². The Labute approximate surface area is 180 Å². The largest absolute Gasteiger partial charge is 0.493 e. The molecule has 8 heteroatoms. The van der Waals surface area contributed by atoms with Crippen LogP contribution in [-0.2, 0) is 24.9 Å². The van der Waals surface area contributed by atoms with Gasteiger partial charge in [0.1, 0.15) is 6.61 Å². The maximum absolute atomic E-state index is 12.4. The van der Waals surface area contributed by atoms with Gasteiger partial charge in [0.05, 0.1) is 12.9 Å². The molecule has 0 aliphatic heterocycles. The summed E-state index contributed by atoms with van der Waals surface area (Å²) in [4.78, 5) is 12.4. The number of rotatable bonds is 9. The van der Waals surface area contributed by atoms with Gasteiger partial charge in [-0.3, -0.25) is 4.79 Å². The van der Waals surface area contributed by atoms with Crippen LogP contribution in [0.5, 0.6) is 11.5 Å². The number of nitrogens with zero attached hydrogens (tertiary/aromatic N) is 3. The van der Waals surface area contributed by atoms with Crippen molar-refractivity contribution in [1.82, 2.24) is 14.8 Å². The number of para-hydroxylation sites is 1. The summed E-state index contributed by atoms with van der Waals surface area (Å²) in [6, 6.07) is 13.6. The quantitative estimate of drug-likeness (QED) is 0.521. The summed E-state index contributed by atoms with van der Waals surface area (Å²) < 4.78 is 13.1. The number of aromatic nitrogens is 3. The molecule has 0 atom stereocenters. The van der Waals surface area contributed by atoms with Crippen molar-refractivity contribution in [3.05, 3.63) is 59.4 Å². The highest BCUT2D eigenvalue weighted by Crippen LogP contribution is 2.28. The molecule has 3 aromatic rings. The van der Waals surface area contributed by atoms with E-state index in [1.165, 1.54) is 11.8 Å². The van der Waals surface area contributed by atoms with Gasteiger partial charge in [-0.2, -0.15) is 0 Å². The van der Waals surface area contributed by atoms with Gasteiger partial charge in [-0.15, -0.1) is 10.2 Å². The molecule has 0 aliphatic rings. The van der Waals surface area contributed by atoms with Crippen LogP contribution in [0.2, 0.25) is 0 Å². The van der Waals surface area contributed by atoms with Crippen molar-refractivity contribution in [3.63, 3.8) is 0 Å². The van der Waals surface area contributed by atoms with E-state index in [2.05, 4.69) is 22.4 Å². The summed E-state index contributed by atoms with van der Waals surface area (Å²) in [6.45, 7) is 4.31. The molecule has 0 bridgehead atoms. The number of nitrogens with one attached hydrogen (secondary N) is 1. The second-order valence-corrected chi connectivity index (χ2v) is 7.69. The number of thioether (sulfide) groups is 1. The molecule has 2 aromatic carbocycles. The zero-order chi connectivity index (χ0) is 21.5. The molecule has 3 rings (SSSR count). The van der Waals surface area contributed by atoms with Gasteiger partial charge in [-0.05, 0) is 42.7 Å². The zero-order valence-corrected chi connectivity index (χ0v) is 18.5. The number of carbonyl (C=O) groups excluding carboxylic acids is 1. The first-order valence-corrected chi connectivity index (χ1v) is 10.7. The van der Waals surface area contributed by atoms with Gasteiger partial charge in [-0.1, -0.05) is 43.0 Å². The summed E-state index contributed by atoms with van der Waals surface area (Å²) in [7, 11) is 3.47. The van der Waals surface area contributed by atoms with Crippen LogP contribution in [0.15, 0.2) is 47.6 Å². The van der Waals surface area contributed by atoms with E-state index < -0.39 is 0 Å². The molecule has 0 radical (unpaired) electrons. The molecule has 0 saturated heterocycles. The fraction of sp³-hybridized carbons (Fsp3) is 0.318. The number of ether oxygens (including phenoxy) is 2. The summed E-state index contributed by atoms with van der Waals surface area (Å²) >= 11 is 1.34. The summed E-state index contributed by atoms with van der Waals surface area (Å²) in [5.41, 5.74) is 3.06. The maximum Gasteiger partial charge on any atom is 0.234 e. The number of amides is 1. The number of benzene rings is 2. The molecule has 0 spiro atoms. The van der Waals surface area contributed by atoms with Crippen LogP contribution in [-0.4, -0.2) is 33.5 Å². The van der Waals surface area contributed by atoms with E-state index in [4.69, 9.17) is 9.47 Å². The van der Waals surface area contributed by atoms with Crippen molar-refractivity contribution in [2.24, 2.45) is 7.05 Å². The zero-order valence-electron chi connectivity index (χ0n) is 17.6. The molecule has 30 heavy (non-hydrogen) atoms. The molecular formula is C22H26N4O3S. The molecule has 0 aliphatic carbocycles. The number of methoxy groups -OCH3 is 1. The van der Waals surface area contributed by atoms with Gasteiger partial charge in [0, 0.05) is 12.7 Å². The van der Waals surface area contributed by atoms with E-state index in [1.54, 1.807) is 7.11 Å². The first-order valence-electron chi connectivity index (χ1n) is 9.68. The third-order valence-corrected chi connectivity index (χ3v) is 5.63. The van der Waals surface area contributed by atoms with Crippen LogP contribution in [0, 0.1) is 6.92 Å². The number of anilines is 1. The SMILES string of the molecule is CCc1ccccc1NC(=O)CSc1nnc(COc2ccc(C)cc2OC)n1C. The predicted octanol–water partition coefficient (Wildman–Crippen LogP) is 4.00. The molecule has 1 amide bonds. The molecule has 1 aromatic heterocycles. The van der Waals surface area contributed by atoms with Gasteiger partial charge >= 0.3 is 0 Å². The van der Waals surface area contributed by atoms with Gasteiger partial charge in [0.25, 0.3) is 0 Å². The summed E-state index contributed by atoms with van der Waals surface area (Å²) in [5.74, 6) is 2.16. The predicted molar refractivity (Wildman–Crippen MR) is 118 cm³/mol. The number of carbonyl (C=O) groups is 1. The Hall–Kier alpha value is -3.00. The van der Waals surface area contributed by atoms with E-state index in [1.807, 2.05) is 61.0 Å². The lowest BCUT2D eigenvalue weighted by Gasteiger charge is -2.11. The van der Waals surface area contributed by atoms with Crippen LogP contribution in [0.25, 0.3) is 0 Å². The minimum Gasteiger partial charge on any atom is -0.493 e. The highest BCUT2D eigenvalue weighted by Gasteiger charge is 2.14. The molecule has 0 unspecified atom stereocenters. The van der Waals surface area contributed by atoms with Crippen LogP contribution in [0.3, 0.4) is 0 Å². The number of aryl methyl sites for hydroxylation is 2. The Morgan fingerprint density at radius 2 is 1.97 bits per heavy atom. The first-order chi connectivity index (χ1) is 14.5. The van der Waals surface area contributed by atoms with E-state index in [0.29, 0.717) is 22.5 Å². The van der Waals surface area contributed by atoms with Crippen molar-refractivity contribution in [3.8, 4) is 11.5 Å². The fourth-order valence-corrected chi connectivity index (χ4v) is 3.63. The van der Waals surface area contributed by atoms with Crippen molar-refractivity contribution < 1.29 is 14.3 Å². The molecular weight excluding hydrogens is 400 g/mol. The Bertz CT molecular complexity index is 1020. The third kappa shape index (κ3) is 5.33. The first kappa shape index (κ1) is 21.7. The van der Waals surface area contributed by atoms with Crippen LogP contribution in [0.4, 0.5) is 5.69 Å². The third-order valence-electron chi connectivity index (χ3n) is 4.61. The lowest BCUT2D eigenvalue weighted by molar-refractivity contribution is -0.113. The second kappa shape index (κ2) is 10.2. The highest BCUT2D eigenvalue weighted by molar-refractivity contribution is 7.99. The summed E-state index contributed by atoms with van der Waals surface area (Å²) in [6.07, 6.45) is 0.863. The number of hydrogen-bond donors (Lipinski definition) is 1. The molecule has 0 saturated carbocycles. The van der Waals surface area contributed by atoms with Crippen LogP contribution in [0.1, 0.15) is 23.9 Å². The van der Waals surface area contributed by atoms with Crippen LogP contribution < -0.4 is 14.8 Å². The Balaban J connectivity index is 1.57. The molecule has 0 fully saturated rings. The average molecular weight is 427 g/mol. The van der Waals surface area contributed by atoms with Crippen LogP contribution >= 0.6 is 11.8 Å². The van der Waals surface area contributed by atoms with Crippen molar-refractivity contribution in [2.45, 2.75) is 32.0 Å². The lowest BCUT2D eigenvalue weighted by atomic mass is 10.1. The highest BCUT2D eigenvalue weighted by atomic mass is 32.2. The number of hydrogen-bond acceptors (Lipinski definition) is 6.